The summed E-state index contributed by atoms with van der Waals surface area (Å²) in [6.45, 7) is 6.91. The fraction of sp³-hybridized carbons (Fsp3) is 0.688. The van der Waals surface area contributed by atoms with Gasteiger partial charge in [-0.25, -0.2) is 4.98 Å². The highest BCUT2D eigenvalue weighted by Gasteiger charge is 2.25. The second-order valence-corrected chi connectivity index (χ2v) is 5.85. The number of rotatable bonds is 5. The van der Waals surface area contributed by atoms with Crippen molar-refractivity contribution in [2.24, 2.45) is 0 Å². The molecule has 1 aliphatic rings. The van der Waals surface area contributed by atoms with Gasteiger partial charge >= 0.3 is 0 Å². The summed E-state index contributed by atoms with van der Waals surface area (Å²) in [7, 11) is 4.11. The first-order chi connectivity index (χ1) is 9.13. The van der Waals surface area contributed by atoms with E-state index < -0.39 is 0 Å². The van der Waals surface area contributed by atoms with Crippen LogP contribution in [0.5, 0.6) is 0 Å². The lowest BCUT2D eigenvalue weighted by Gasteiger charge is -2.25. The van der Waals surface area contributed by atoms with Crippen LogP contribution in [-0.2, 0) is 0 Å². The van der Waals surface area contributed by atoms with Crippen molar-refractivity contribution >= 4 is 5.82 Å². The van der Waals surface area contributed by atoms with Crippen LogP contribution in [-0.4, -0.2) is 37.1 Å². The average molecular weight is 261 g/mol. The highest BCUT2D eigenvalue weighted by atomic mass is 15.2. The van der Waals surface area contributed by atoms with Gasteiger partial charge in [-0.2, -0.15) is 0 Å². The van der Waals surface area contributed by atoms with Gasteiger partial charge in [-0.05, 0) is 56.5 Å². The second kappa shape index (κ2) is 6.38. The van der Waals surface area contributed by atoms with E-state index in [1.165, 1.54) is 49.9 Å². The molecule has 1 unspecified atom stereocenters. The van der Waals surface area contributed by atoms with E-state index >= 15 is 0 Å². The Morgan fingerprint density at radius 3 is 2.84 bits per heavy atom. The predicted octanol–water partition coefficient (Wildman–Crippen LogP) is 3.39. The van der Waals surface area contributed by atoms with Crippen molar-refractivity contribution in [2.75, 3.05) is 32.1 Å². The van der Waals surface area contributed by atoms with Crippen LogP contribution in [0, 0.1) is 6.92 Å². The standard InChI is InChI=1S/C16H27N3/c1-5-6-9-19-10-7-8-15(19)14-11-13(2)16(17-12-14)18(3)4/h11-12,15H,5-10H2,1-4H3. The fourth-order valence-corrected chi connectivity index (χ4v) is 3.07. The Labute approximate surface area is 117 Å². The topological polar surface area (TPSA) is 19.4 Å². The van der Waals surface area contributed by atoms with Crippen molar-refractivity contribution in [1.29, 1.82) is 0 Å². The summed E-state index contributed by atoms with van der Waals surface area (Å²) in [5.41, 5.74) is 2.68. The zero-order valence-corrected chi connectivity index (χ0v) is 12.8. The summed E-state index contributed by atoms with van der Waals surface area (Å²) < 4.78 is 0. The van der Waals surface area contributed by atoms with Crippen molar-refractivity contribution < 1.29 is 0 Å². The largest absolute Gasteiger partial charge is 0.363 e. The van der Waals surface area contributed by atoms with Crippen molar-refractivity contribution in [3.8, 4) is 0 Å². The van der Waals surface area contributed by atoms with Gasteiger partial charge in [-0.15, -0.1) is 0 Å². The van der Waals surface area contributed by atoms with Crippen LogP contribution in [0.2, 0.25) is 0 Å². The third-order valence-electron chi connectivity index (χ3n) is 4.04. The average Bonchev–Trinajstić information content (AvgIpc) is 2.83. The van der Waals surface area contributed by atoms with E-state index in [4.69, 9.17) is 0 Å². The van der Waals surface area contributed by atoms with Gasteiger partial charge in [0.2, 0.25) is 0 Å². The molecule has 2 rings (SSSR count). The first kappa shape index (κ1) is 14.3. The lowest BCUT2D eigenvalue weighted by Crippen LogP contribution is -2.24. The third kappa shape index (κ3) is 3.27. The quantitative estimate of drug-likeness (QED) is 0.810. The summed E-state index contributed by atoms with van der Waals surface area (Å²) in [6, 6.07) is 2.92. The molecule has 1 aromatic heterocycles. The number of aromatic nitrogens is 1. The molecule has 3 nitrogen and oxygen atoms in total. The van der Waals surface area contributed by atoms with Crippen LogP contribution in [0.3, 0.4) is 0 Å². The Balaban J connectivity index is 2.14. The molecule has 0 bridgehead atoms. The molecule has 0 N–H and O–H groups in total. The van der Waals surface area contributed by atoms with Gasteiger partial charge in [0, 0.05) is 26.3 Å². The van der Waals surface area contributed by atoms with Crippen LogP contribution in [0.25, 0.3) is 0 Å². The Morgan fingerprint density at radius 1 is 1.42 bits per heavy atom. The highest BCUT2D eigenvalue weighted by molar-refractivity contribution is 5.46. The first-order valence-corrected chi connectivity index (χ1v) is 7.51. The number of anilines is 1. The van der Waals surface area contributed by atoms with Crippen LogP contribution in [0.15, 0.2) is 12.3 Å². The lowest BCUT2D eigenvalue weighted by molar-refractivity contribution is 0.253. The SMILES string of the molecule is CCCCN1CCCC1c1cnc(N(C)C)c(C)c1. The van der Waals surface area contributed by atoms with Crippen molar-refractivity contribution in [2.45, 2.75) is 45.6 Å². The van der Waals surface area contributed by atoms with Gasteiger partial charge in [0.15, 0.2) is 0 Å². The minimum absolute atomic E-state index is 0.592. The molecule has 2 heterocycles. The molecule has 1 aliphatic heterocycles. The zero-order valence-electron chi connectivity index (χ0n) is 12.8. The lowest BCUT2D eigenvalue weighted by atomic mass is 10.0. The maximum atomic E-state index is 4.64. The van der Waals surface area contributed by atoms with Gasteiger partial charge in [0.05, 0.1) is 0 Å². The minimum atomic E-state index is 0.592. The number of aryl methyl sites for hydroxylation is 1. The Bertz CT molecular complexity index is 414. The summed E-state index contributed by atoms with van der Waals surface area (Å²) >= 11 is 0. The van der Waals surface area contributed by atoms with Crippen molar-refractivity contribution in [1.82, 2.24) is 9.88 Å². The number of nitrogens with zero attached hydrogens (tertiary/aromatic N) is 3. The molecule has 1 aromatic rings. The van der Waals surface area contributed by atoms with Crippen LogP contribution >= 0.6 is 0 Å². The van der Waals surface area contributed by atoms with E-state index in [0.29, 0.717) is 6.04 Å². The van der Waals surface area contributed by atoms with Gasteiger partial charge in [0.25, 0.3) is 0 Å². The van der Waals surface area contributed by atoms with Gasteiger partial charge in [-0.3, -0.25) is 4.90 Å². The normalized spacial score (nSPS) is 19.9. The Morgan fingerprint density at radius 2 is 2.21 bits per heavy atom. The monoisotopic (exact) mass is 261 g/mol. The second-order valence-electron chi connectivity index (χ2n) is 5.85. The molecule has 1 fully saturated rings. The van der Waals surface area contributed by atoms with Crippen molar-refractivity contribution in [3.05, 3.63) is 23.4 Å². The maximum absolute atomic E-state index is 4.64. The van der Waals surface area contributed by atoms with E-state index in [2.05, 4.69) is 55.0 Å². The smallest absolute Gasteiger partial charge is 0.130 e. The molecule has 106 valence electrons. The number of hydrogen-bond donors (Lipinski definition) is 0. The fourth-order valence-electron chi connectivity index (χ4n) is 3.07. The summed E-state index contributed by atoms with van der Waals surface area (Å²) in [6.07, 6.45) is 7.27. The number of unbranched alkanes of at least 4 members (excludes halogenated alkanes) is 1. The molecule has 0 amide bonds. The van der Waals surface area contributed by atoms with Crippen LogP contribution < -0.4 is 4.90 Å². The zero-order chi connectivity index (χ0) is 13.8. The molecule has 1 atom stereocenters. The highest BCUT2D eigenvalue weighted by Crippen LogP contribution is 2.33. The third-order valence-corrected chi connectivity index (χ3v) is 4.04. The number of hydrogen-bond acceptors (Lipinski definition) is 3. The van der Waals surface area contributed by atoms with Gasteiger partial charge < -0.3 is 4.90 Å². The summed E-state index contributed by atoms with van der Waals surface area (Å²) in [5, 5.41) is 0. The molecule has 0 aliphatic carbocycles. The number of pyridine rings is 1. The molecule has 1 saturated heterocycles. The van der Waals surface area contributed by atoms with Crippen molar-refractivity contribution in [3.63, 3.8) is 0 Å². The molecular formula is C16H27N3. The summed E-state index contributed by atoms with van der Waals surface area (Å²) in [4.78, 5) is 9.36. The summed E-state index contributed by atoms with van der Waals surface area (Å²) in [5.74, 6) is 1.09. The van der Waals surface area contributed by atoms with Crippen LogP contribution in [0.4, 0.5) is 5.82 Å². The molecule has 19 heavy (non-hydrogen) atoms. The van der Waals surface area contributed by atoms with Gasteiger partial charge in [-0.1, -0.05) is 13.3 Å². The van der Waals surface area contributed by atoms with E-state index in [9.17, 15) is 0 Å². The molecular weight excluding hydrogens is 234 g/mol. The van der Waals surface area contributed by atoms with E-state index in [1.54, 1.807) is 0 Å². The predicted molar refractivity (Wildman–Crippen MR) is 81.8 cm³/mol. The molecule has 0 radical (unpaired) electrons. The molecule has 3 heteroatoms. The maximum Gasteiger partial charge on any atom is 0.130 e. The van der Waals surface area contributed by atoms with Gasteiger partial charge in [0.1, 0.15) is 5.82 Å². The first-order valence-electron chi connectivity index (χ1n) is 7.51. The molecule has 0 saturated carbocycles. The Hall–Kier alpha value is -1.09. The number of likely N-dealkylation sites (tertiary alicyclic amines) is 1. The van der Waals surface area contributed by atoms with E-state index in [1.807, 2.05) is 0 Å². The minimum Gasteiger partial charge on any atom is -0.363 e. The Kier molecular flexibility index (Phi) is 4.81. The van der Waals surface area contributed by atoms with E-state index in [0.717, 1.165) is 5.82 Å². The molecule has 0 spiro atoms. The van der Waals surface area contributed by atoms with E-state index in [-0.39, 0.29) is 0 Å². The van der Waals surface area contributed by atoms with Crippen LogP contribution in [0.1, 0.15) is 49.8 Å². The molecule has 0 aromatic carbocycles.